The van der Waals surface area contributed by atoms with Crippen LogP contribution in [0.25, 0.3) is 0 Å². The van der Waals surface area contributed by atoms with Crippen LogP contribution in [0.1, 0.15) is 42.3 Å². The zero-order valence-electron chi connectivity index (χ0n) is 16.8. The van der Waals surface area contributed by atoms with Crippen LogP contribution in [0.4, 0.5) is 11.4 Å². The number of benzene rings is 2. The molecule has 0 spiro atoms. The summed E-state index contributed by atoms with van der Waals surface area (Å²) in [5, 5.41) is 2.86. The van der Waals surface area contributed by atoms with E-state index in [0.717, 1.165) is 21.0 Å². The molecule has 0 heterocycles. The quantitative estimate of drug-likeness (QED) is 0.573. The molecule has 2 aromatic carbocycles. The highest BCUT2D eigenvalue weighted by molar-refractivity contribution is 14.1. The third-order valence-corrected chi connectivity index (χ3v) is 5.89. The van der Waals surface area contributed by atoms with Gasteiger partial charge in [-0.05, 0) is 70.3 Å². The molecule has 2 aromatic rings. The van der Waals surface area contributed by atoms with Crippen molar-refractivity contribution in [1.82, 2.24) is 0 Å². The summed E-state index contributed by atoms with van der Waals surface area (Å²) >= 11 is 2.18. The van der Waals surface area contributed by atoms with Gasteiger partial charge in [-0.3, -0.25) is 9.52 Å². The minimum atomic E-state index is -3.52. The fraction of sp³-hybridized carbons (Fsp3) is 0.350. The molecule has 0 atom stereocenters. The second-order valence-electron chi connectivity index (χ2n) is 7.65. The van der Waals surface area contributed by atoms with Crippen LogP contribution in [0.15, 0.2) is 30.3 Å². The molecule has 152 valence electrons. The summed E-state index contributed by atoms with van der Waals surface area (Å²) in [7, 11) is -2.09. The first-order chi connectivity index (χ1) is 12.8. The summed E-state index contributed by atoms with van der Waals surface area (Å²) < 4.78 is 32.5. The summed E-state index contributed by atoms with van der Waals surface area (Å²) in [6, 6.07) is 8.98. The molecular weight excluding hydrogens is 491 g/mol. The lowest BCUT2D eigenvalue weighted by Crippen LogP contribution is -2.18. The maximum atomic E-state index is 12.8. The van der Waals surface area contributed by atoms with Crippen molar-refractivity contribution >= 4 is 49.9 Å². The number of ether oxygens (including phenoxy) is 1. The van der Waals surface area contributed by atoms with Gasteiger partial charge in [0.15, 0.2) is 5.75 Å². The van der Waals surface area contributed by atoms with E-state index in [2.05, 4.69) is 32.6 Å². The molecule has 0 bridgehead atoms. The lowest BCUT2D eigenvalue weighted by molar-refractivity contribution is 0.102. The van der Waals surface area contributed by atoms with E-state index in [9.17, 15) is 13.2 Å². The maximum absolute atomic E-state index is 12.8. The number of amides is 1. The first kappa shape index (κ1) is 22.5. The van der Waals surface area contributed by atoms with Crippen molar-refractivity contribution in [1.29, 1.82) is 0 Å². The summed E-state index contributed by atoms with van der Waals surface area (Å²) in [4.78, 5) is 12.8. The molecule has 8 heteroatoms. The Balaban J connectivity index is 2.55. The Morgan fingerprint density at radius 1 is 1.11 bits per heavy atom. The average Bonchev–Trinajstić information content (AvgIpc) is 2.54. The zero-order valence-corrected chi connectivity index (χ0v) is 19.8. The monoisotopic (exact) mass is 516 g/mol. The predicted octanol–water partition coefficient (Wildman–Crippen LogP) is 4.53. The van der Waals surface area contributed by atoms with Gasteiger partial charge in [0.25, 0.3) is 5.91 Å². The van der Waals surface area contributed by atoms with E-state index in [4.69, 9.17) is 4.74 Å². The minimum Gasteiger partial charge on any atom is -0.492 e. The van der Waals surface area contributed by atoms with Gasteiger partial charge in [-0.1, -0.05) is 26.8 Å². The topological polar surface area (TPSA) is 84.5 Å². The second kappa shape index (κ2) is 8.28. The molecule has 2 N–H and O–H groups in total. The first-order valence-electron chi connectivity index (χ1n) is 8.59. The fourth-order valence-corrected chi connectivity index (χ4v) is 3.65. The number of carbonyl (C=O) groups is 1. The normalized spacial score (nSPS) is 11.8. The number of halogens is 1. The molecule has 1 amide bonds. The van der Waals surface area contributed by atoms with Crippen LogP contribution in [0.5, 0.6) is 5.75 Å². The SMILES string of the molecule is COc1c(NC(=O)c2ccc(C)c(I)c2)cc(C(C)(C)C)cc1NS(C)(=O)=O. The highest BCUT2D eigenvalue weighted by Gasteiger charge is 2.22. The molecule has 0 radical (unpaired) electrons. The third-order valence-electron chi connectivity index (χ3n) is 4.14. The molecule has 6 nitrogen and oxygen atoms in total. The average molecular weight is 516 g/mol. The van der Waals surface area contributed by atoms with E-state index in [1.807, 2.05) is 39.8 Å². The number of methoxy groups -OCH3 is 1. The van der Waals surface area contributed by atoms with E-state index in [1.165, 1.54) is 7.11 Å². The van der Waals surface area contributed by atoms with Crippen LogP contribution in [0.2, 0.25) is 0 Å². The Kier molecular flexibility index (Phi) is 6.65. The van der Waals surface area contributed by atoms with Gasteiger partial charge in [0.1, 0.15) is 0 Å². The standard InChI is InChI=1S/C20H25IN2O4S/c1-12-7-8-13(9-15(12)21)19(24)22-16-10-14(20(2,3)4)11-17(18(16)27-5)23-28(6,25)26/h7-11,23H,1-6H3,(H,22,24). The van der Waals surface area contributed by atoms with E-state index in [-0.39, 0.29) is 22.8 Å². The lowest BCUT2D eigenvalue weighted by atomic mass is 9.86. The van der Waals surface area contributed by atoms with Crippen LogP contribution in [0, 0.1) is 10.5 Å². The van der Waals surface area contributed by atoms with Crippen molar-refractivity contribution in [2.45, 2.75) is 33.1 Å². The van der Waals surface area contributed by atoms with E-state index < -0.39 is 10.0 Å². The molecule has 0 unspecified atom stereocenters. The summed E-state index contributed by atoms with van der Waals surface area (Å²) in [6.07, 6.45) is 1.07. The van der Waals surface area contributed by atoms with E-state index in [1.54, 1.807) is 18.2 Å². The summed E-state index contributed by atoms with van der Waals surface area (Å²) in [6.45, 7) is 8.00. The van der Waals surface area contributed by atoms with Gasteiger partial charge >= 0.3 is 0 Å². The van der Waals surface area contributed by atoms with Crippen LogP contribution in [-0.4, -0.2) is 27.7 Å². The highest BCUT2D eigenvalue weighted by Crippen LogP contribution is 2.39. The van der Waals surface area contributed by atoms with Gasteiger partial charge in [0, 0.05) is 9.13 Å². The molecular formula is C20H25IN2O4S. The molecule has 2 rings (SSSR count). The second-order valence-corrected chi connectivity index (χ2v) is 10.6. The number of nitrogens with one attached hydrogen (secondary N) is 2. The van der Waals surface area contributed by atoms with Crippen LogP contribution >= 0.6 is 22.6 Å². The predicted molar refractivity (Wildman–Crippen MR) is 122 cm³/mol. The van der Waals surface area contributed by atoms with Gasteiger partial charge in [0.2, 0.25) is 10.0 Å². The Morgan fingerprint density at radius 3 is 2.21 bits per heavy atom. The Bertz CT molecular complexity index is 1010. The van der Waals surface area contributed by atoms with Crippen molar-refractivity contribution in [2.75, 3.05) is 23.4 Å². The molecule has 0 saturated heterocycles. The Morgan fingerprint density at radius 2 is 1.71 bits per heavy atom. The number of hydrogen-bond acceptors (Lipinski definition) is 4. The smallest absolute Gasteiger partial charge is 0.255 e. The summed E-state index contributed by atoms with van der Waals surface area (Å²) in [5.74, 6) is -0.0406. The molecule has 0 aliphatic heterocycles. The fourth-order valence-electron chi connectivity index (χ4n) is 2.58. The van der Waals surface area contributed by atoms with Crippen molar-refractivity contribution in [3.63, 3.8) is 0 Å². The van der Waals surface area contributed by atoms with Crippen LogP contribution < -0.4 is 14.8 Å². The number of rotatable bonds is 5. The lowest BCUT2D eigenvalue weighted by Gasteiger charge is -2.24. The van der Waals surface area contributed by atoms with Gasteiger partial charge in [-0.15, -0.1) is 0 Å². The molecule has 0 fully saturated rings. The first-order valence-corrected chi connectivity index (χ1v) is 11.6. The van der Waals surface area contributed by atoms with Gasteiger partial charge in [0.05, 0.1) is 24.7 Å². The number of aryl methyl sites for hydroxylation is 1. The summed E-state index contributed by atoms with van der Waals surface area (Å²) in [5.41, 5.74) is 2.87. The van der Waals surface area contributed by atoms with E-state index >= 15 is 0 Å². The largest absolute Gasteiger partial charge is 0.492 e. The number of sulfonamides is 1. The van der Waals surface area contributed by atoms with Crippen molar-refractivity contribution in [2.24, 2.45) is 0 Å². The van der Waals surface area contributed by atoms with Crippen molar-refractivity contribution in [3.8, 4) is 5.75 Å². The number of anilines is 2. The van der Waals surface area contributed by atoms with Crippen molar-refractivity contribution in [3.05, 3.63) is 50.6 Å². The molecule has 28 heavy (non-hydrogen) atoms. The van der Waals surface area contributed by atoms with Crippen molar-refractivity contribution < 1.29 is 17.9 Å². The van der Waals surface area contributed by atoms with Crippen LogP contribution in [0.3, 0.4) is 0 Å². The van der Waals surface area contributed by atoms with Gasteiger partial charge < -0.3 is 10.1 Å². The molecule has 0 saturated carbocycles. The molecule has 0 aliphatic carbocycles. The Labute approximate surface area is 180 Å². The Hall–Kier alpha value is -1.81. The number of carbonyl (C=O) groups excluding carboxylic acids is 1. The van der Waals surface area contributed by atoms with Crippen LogP contribution in [-0.2, 0) is 15.4 Å². The minimum absolute atomic E-state index is 0.258. The zero-order chi connectivity index (χ0) is 21.3. The van der Waals surface area contributed by atoms with E-state index in [0.29, 0.717) is 11.3 Å². The number of hydrogen-bond donors (Lipinski definition) is 2. The van der Waals surface area contributed by atoms with Gasteiger partial charge in [-0.2, -0.15) is 0 Å². The molecule has 0 aromatic heterocycles. The van der Waals surface area contributed by atoms with Gasteiger partial charge in [-0.25, -0.2) is 8.42 Å². The molecule has 0 aliphatic rings. The maximum Gasteiger partial charge on any atom is 0.255 e. The third kappa shape index (κ3) is 5.60. The highest BCUT2D eigenvalue weighted by atomic mass is 127.